The van der Waals surface area contributed by atoms with E-state index in [1.165, 1.54) is 38.9 Å². The summed E-state index contributed by atoms with van der Waals surface area (Å²) in [6.07, 6.45) is 4.21. The Morgan fingerprint density at radius 2 is 1.71 bits per heavy atom. The Bertz CT molecular complexity index is 154. The first-order valence-corrected chi connectivity index (χ1v) is 5.93. The SMILES string of the molecule is CN[C@@H](CN1CCCCC1)C(C)(C)C. The van der Waals surface area contributed by atoms with Crippen molar-refractivity contribution >= 4 is 0 Å². The molecule has 0 saturated carbocycles. The molecular weight excluding hydrogens is 172 g/mol. The molecule has 1 aliphatic rings. The molecule has 1 fully saturated rings. The summed E-state index contributed by atoms with van der Waals surface area (Å²) >= 11 is 0. The highest BCUT2D eigenvalue weighted by Gasteiger charge is 2.25. The van der Waals surface area contributed by atoms with Crippen LogP contribution in [-0.2, 0) is 0 Å². The van der Waals surface area contributed by atoms with Crippen molar-refractivity contribution in [3.63, 3.8) is 0 Å². The van der Waals surface area contributed by atoms with Gasteiger partial charge >= 0.3 is 0 Å². The molecular formula is C12H26N2. The minimum Gasteiger partial charge on any atom is -0.315 e. The third-order valence-electron chi connectivity index (χ3n) is 3.28. The average molecular weight is 198 g/mol. The van der Waals surface area contributed by atoms with Crippen LogP contribution in [0.5, 0.6) is 0 Å². The molecule has 1 heterocycles. The molecule has 0 unspecified atom stereocenters. The number of nitrogens with zero attached hydrogens (tertiary/aromatic N) is 1. The molecule has 1 atom stereocenters. The predicted octanol–water partition coefficient (Wildman–Crippen LogP) is 2.11. The molecule has 1 rings (SSSR count). The molecule has 14 heavy (non-hydrogen) atoms. The van der Waals surface area contributed by atoms with Crippen LogP contribution in [-0.4, -0.2) is 37.6 Å². The number of nitrogens with one attached hydrogen (secondary N) is 1. The molecule has 84 valence electrons. The van der Waals surface area contributed by atoms with Crippen molar-refractivity contribution in [1.82, 2.24) is 10.2 Å². The summed E-state index contributed by atoms with van der Waals surface area (Å²) in [6.45, 7) is 10.8. The highest BCUT2D eigenvalue weighted by molar-refractivity contribution is 4.83. The van der Waals surface area contributed by atoms with Crippen LogP contribution in [0.15, 0.2) is 0 Å². The summed E-state index contributed by atoms with van der Waals surface area (Å²) in [5.74, 6) is 0. The maximum absolute atomic E-state index is 3.45. The van der Waals surface area contributed by atoms with Gasteiger partial charge in [-0.05, 0) is 38.4 Å². The normalized spacial score (nSPS) is 22.3. The summed E-state index contributed by atoms with van der Waals surface area (Å²) in [5.41, 5.74) is 0.367. The van der Waals surface area contributed by atoms with Crippen molar-refractivity contribution in [3.8, 4) is 0 Å². The first-order chi connectivity index (χ1) is 6.54. The molecule has 0 aromatic rings. The second kappa shape index (κ2) is 5.13. The summed E-state index contributed by atoms with van der Waals surface area (Å²) in [4.78, 5) is 2.61. The van der Waals surface area contributed by atoms with E-state index in [2.05, 4.69) is 38.0 Å². The Labute approximate surface area is 89.1 Å². The molecule has 0 aromatic carbocycles. The van der Waals surface area contributed by atoms with Crippen LogP contribution >= 0.6 is 0 Å². The highest BCUT2D eigenvalue weighted by atomic mass is 15.2. The number of hydrogen-bond acceptors (Lipinski definition) is 2. The molecule has 2 heteroatoms. The van der Waals surface area contributed by atoms with Crippen molar-refractivity contribution in [2.75, 3.05) is 26.7 Å². The Morgan fingerprint density at radius 1 is 1.14 bits per heavy atom. The minimum atomic E-state index is 0.367. The Morgan fingerprint density at radius 3 is 2.14 bits per heavy atom. The maximum Gasteiger partial charge on any atom is 0.0240 e. The van der Waals surface area contributed by atoms with Gasteiger partial charge in [-0.3, -0.25) is 0 Å². The molecule has 1 saturated heterocycles. The van der Waals surface area contributed by atoms with E-state index in [4.69, 9.17) is 0 Å². The minimum absolute atomic E-state index is 0.367. The summed E-state index contributed by atoms with van der Waals surface area (Å²) in [5, 5.41) is 3.45. The fourth-order valence-corrected chi connectivity index (χ4v) is 2.20. The van der Waals surface area contributed by atoms with Crippen molar-refractivity contribution in [2.24, 2.45) is 5.41 Å². The Kier molecular flexibility index (Phi) is 4.39. The van der Waals surface area contributed by atoms with E-state index in [1.807, 2.05) is 0 Å². The molecule has 0 spiro atoms. The van der Waals surface area contributed by atoms with Gasteiger partial charge in [0, 0.05) is 12.6 Å². The van der Waals surface area contributed by atoms with E-state index in [0.717, 1.165) is 0 Å². The van der Waals surface area contributed by atoms with Gasteiger partial charge in [-0.2, -0.15) is 0 Å². The lowest BCUT2D eigenvalue weighted by atomic mass is 9.86. The quantitative estimate of drug-likeness (QED) is 0.747. The number of hydrogen-bond donors (Lipinski definition) is 1. The molecule has 1 N–H and O–H groups in total. The van der Waals surface area contributed by atoms with Gasteiger partial charge in [0.15, 0.2) is 0 Å². The number of piperidine rings is 1. The van der Waals surface area contributed by atoms with E-state index < -0.39 is 0 Å². The lowest BCUT2D eigenvalue weighted by Crippen LogP contribution is -2.48. The lowest BCUT2D eigenvalue weighted by Gasteiger charge is -2.36. The van der Waals surface area contributed by atoms with Crippen molar-refractivity contribution in [3.05, 3.63) is 0 Å². The lowest BCUT2D eigenvalue weighted by molar-refractivity contribution is 0.158. The molecule has 0 amide bonds. The molecule has 0 aromatic heterocycles. The van der Waals surface area contributed by atoms with Gasteiger partial charge in [0.1, 0.15) is 0 Å². The van der Waals surface area contributed by atoms with E-state index >= 15 is 0 Å². The number of likely N-dealkylation sites (N-methyl/N-ethyl adjacent to an activating group) is 1. The van der Waals surface area contributed by atoms with Gasteiger partial charge in [-0.1, -0.05) is 27.2 Å². The fraction of sp³-hybridized carbons (Fsp3) is 1.00. The summed E-state index contributed by atoms with van der Waals surface area (Å²) in [6, 6.07) is 0.612. The first kappa shape index (κ1) is 12.0. The van der Waals surface area contributed by atoms with E-state index in [1.54, 1.807) is 0 Å². The van der Waals surface area contributed by atoms with E-state index in [9.17, 15) is 0 Å². The van der Waals surface area contributed by atoms with Crippen LogP contribution in [0, 0.1) is 5.41 Å². The Hall–Kier alpha value is -0.0800. The third kappa shape index (κ3) is 3.58. The summed E-state index contributed by atoms with van der Waals surface area (Å²) < 4.78 is 0. The van der Waals surface area contributed by atoms with Crippen LogP contribution in [0.4, 0.5) is 0 Å². The zero-order chi connectivity index (χ0) is 10.6. The Balaban J connectivity index is 2.39. The second-order valence-corrected chi connectivity index (χ2v) is 5.57. The third-order valence-corrected chi connectivity index (χ3v) is 3.28. The number of likely N-dealkylation sites (tertiary alicyclic amines) is 1. The zero-order valence-corrected chi connectivity index (χ0v) is 10.3. The predicted molar refractivity (Wildman–Crippen MR) is 62.6 cm³/mol. The van der Waals surface area contributed by atoms with Gasteiger partial charge < -0.3 is 10.2 Å². The second-order valence-electron chi connectivity index (χ2n) is 5.57. The number of rotatable bonds is 3. The average Bonchev–Trinajstić information content (AvgIpc) is 2.14. The van der Waals surface area contributed by atoms with Gasteiger partial charge in [-0.15, -0.1) is 0 Å². The molecule has 0 aliphatic carbocycles. The fourth-order valence-electron chi connectivity index (χ4n) is 2.20. The smallest absolute Gasteiger partial charge is 0.0240 e. The van der Waals surface area contributed by atoms with Gasteiger partial charge in [0.2, 0.25) is 0 Å². The monoisotopic (exact) mass is 198 g/mol. The maximum atomic E-state index is 3.45. The van der Waals surface area contributed by atoms with Crippen LogP contribution < -0.4 is 5.32 Å². The van der Waals surface area contributed by atoms with Crippen LogP contribution in [0.25, 0.3) is 0 Å². The van der Waals surface area contributed by atoms with Crippen molar-refractivity contribution in [1.29, 1.82) is 0 Å². The van der Waals surface area contributed by atoms with Crippen LogP contribution in [0.3, 0.4) is 0 Å². The summed E-state index contributed by atoms with van der Waals surface area (Å²) in [7, 11) is 2.08. The first-order valence-electron chi connectivity index (χ1n) is 5.93. The molecule has 0 bridgehead atoms. The van der Waals surface area contributed by atoms with E-state index in [-0.39, 0.29) is 0 Å². The van der Waals surface area contributed by atoms with Gasteiger partial charge in [-0.25, -0.2) is 0 Å². The van der Waals surface area contributed by atoms with Crippen molar-refractivity contribution < 1.29 is 0 Å². The van der Waals surface area contributed by atoms with Gasteiger partial charge in [0.05, 0.1) is 0 Å². The zero-order valence-electron chi connectivity index (χ0n) is 10.3. The van der Waals surface area contributed by atoms with Crippen molar-refractivity contribution in [2.45, 2.75) is 46.1 Å². The standard InChI is InChI=1S/C12H26N2/c1-12(2,3)11(13-4)10-14-8-6-5-7-9-14/h11,13H,5-10H2,1-4H3/t11-/m0/s1. The largest absolute Gasteiger partial charge is 0.315 e. The van der Waals surface area contributed by atoms with E-state index in [0.29, 0.717) is 11.5 Å². The molecule has 2 nitrogen and oxygen atoms in total. The van der Waals surface area contributed by atoms with Crippen LogP contribution in [0.2, 0.25) is 0 Å². The molecule has 1 aliphatic heterocycles. The van der Waals surface area contributed by atoms with Gasteiger partial charge in [0.25, 0.3) is 0 Å². The topological polar surface area (TPSA) is 15.3 Å². The highest BCUT2D eigenvalue weighted by Crippen LogP contribution is 2.21. The molecule has 0 radical (unpaired) electrons. The van der Waals surface area contributed by atoms with Crippen LogP contribution in [0.1, 0.15) is 40.0 Å².